The fourth-order valence-electron chi connectivity index (χ4n) is 2.06. The predicted octanol–water partition coefficient (Wildman–Crippen LogP) is 3.82. The molecule has 0 bridgehead atoms. The molecule has 5 heteroatoms. The number of amides is 1. The molecule has 126 valence electrons. The molecule has 24 heavy (non-hydrogen) atoms. The summed E-state index contributed by atoms with van der Waals surface area (Å²) < 4.78 is 5.37. The Labute approximate surface area is 141 Å². The topological polar surface area (TPSA) is 68.6 Å². The van der Waals surface area contributed by atoms with E-state index >= 15 is 0 Å². The van der Waals surface area contributed by atoms with Crippen LogP contribution in [0.15, 0.2) is 41.5 Å². The third kappa shape index (κ3) is 4.47. The number of Topliss-reactive ketones (excluding diaryl/α,β-unsaturated/α-hetero) is 1. The summed E-state index contributed by atoms with van der Waals surface area (Å²) in [4.78, 5) is 32.6. The lowest BCUT2D eigenvalue weighted by molar-refractivity contribution is -0.125. The maximum atomic E-state index is 12.4. The molecule has 0 aliphatic rings. The van der Waals surface area contributed by atoms with E-state index in [4.69, 9.17) is 4.74 Å². The summed E-state index contributed by atoms with van der Waals surface area (Å²) in [6, 6.07) is 9.33. The summed E-state index contributed by atoms with van der Waals surface area (Å²) in [5.74, 6) is -0.405. The molecule has 5 nitrogen and oxygen atoms in total. The molecule has 0 atom stereocenters. The summed E-state index contributed by atoms with van der Waals surface area (Å²) in [5, 5.41) is 1.86. The number of benzene rings is 1. The lowest BCUT2D eigenvalue weighted by Gasteiger charge is -2.17. The Morgan fingerprint density at radius 2 is 1.83 bits per heavy atom. The van der Waals surface area contributed by atoms with Gasteiger partial charge in [0.25, 0.3) is 5.91 Å². The van der Waals surface area contributed by atoms with Crippen molar-refractivity contribution in [3.05, 3.63) is 42.2 Å². The number of ether oxygens (including phenoxy) is 1. The number of carbonyl (C=O) groups is 2. The molecule has 2 rings (SSSR count). The average molecular weight is 326 g/mol. The van der Waals surface area contributed by atoms with Crippen molar-refractivity contribution in [3.63, 3.8) is 0 Å². The molecule has 0 radical (unpaired) electrons. The standard InChI is InChI=1S/C19H22N2O3/c1-5-24-17(11-16(22)19(2,3)4)21-18(23)15-10-13-8-6-7-9-14(13)12-20-15/h6-10,12H,5,11H2,1-4H3/b21-17+. The summed E-state index contributed by atoms with van der Waals surface area (Å²) in [7, 11) is 0. The molecule has 0 spiro atoms. The van der Waals surface area contributed by atoms with Crippen LogP contribution in [0.3, 0.4) is 0 Å². The molecule has 0 unspecified atom stereocenters. The van der Waals surface area contributed by atoms with Crippen molar-refractivity contribution in [3.8, 4) is 0 Å². The number of aromatic nitrogens is 1. The number of hydrogen-bond acceptors (Lipinski definition) is 4. The Balaban J connectivity index is 2.26. The van der Waals surface area contributed by atoms with Gasteiger partial charge in [0.15, 0.2) is 5.90 Å². The highest BCUT2D eigenvalue weighted by atomic mass is 16.5. The highest BCUT2D eigenvalue weighted by Crippen LogP contribution is 2.18. The number of hydrogen-bond donors (Lipinski definition) is 0. The van der Waals surface area contributed by atoms with E-state index in [9.17, 15) is 9.59 Å². The molecule has 0 aliphatic heterocycles. The van der Waals surface area contributed by atoms with Crippen LogP contribution in [0.5, 0.6) is 0 Å². The van der Waals surface area contributed by atoms with Crippen LogP contribution in [0.25, 0.3) is 10.8 Å². The number of pyridine rings is 1. The lowest BCUT2D eigenvalue weighted by Crippen LogP contribution is -2.24. The Morgan fingerprint density at radius 3 is 2.46 bits per heavy atom. The minimum atomic E-state index is -0.512. The van der Waals surface area contributed by atoms with Gasteiger partial charge in [0.2, 0.25) is 0 Å². The first kappa shape index (κ1) is 17.8. The van der Waals surface area contributed by atoms with Crippen LogP contribution in [-0.2, 0) is 9.53 Å². The van der Waals surface area contributed by atoms with Crippen molar-refractivity contribution in [1.82, 2.24) is 4.98 Å². The van der Waals surface area contributed by atoms with Gasteiger partial charge in [-0.15, -0.1) is 0 Å². The van der Waals surface area contributed by atoms with Gasteiger partial charge in [-0.2, -0.15) is 4.99 Å². The molecule has 1 aromatic carbocycles. The molecule has 1 amide bonds. The molecular weight excluding hydrogens is 304 g/mol. The molecule has 0 N–H and O–H groups in total. The normalized spacial score (nSPS) is 12.2. The second kappa shape index (κ2) is 7.34. The summed E-state index contributed by atoms with van der Waals surface area (Å²) >= 11 is 0. The predicted molar refractivity (Wildman–Crippen MR) is 94.2 cm³/mol. The molecule has 1 aromatic heterocycles. The van der Waals surface area contributed by atoms with Gasteiger partial charge in [0.1, 0.15) is 11.5 Å². The lowest BCUT2D eigenvalue weighted by atomic mass is 9.89. The molecule has 2 aromatic rings. The van der Waals surface area contributed by atoms with Gasteiger partial charge in [-0.25, -0.2) is 0 Å². The smallest absolute Gasteiger partial charge is 0.298 e. The van der Waals surface area contributed by atoms with Gasteiger partial charge in [-0.1, -0.05) is 45.0 Å². The first-order valence-electron chi connectivity index (χ1n) is 7.94. The van der Waals surface area contributed by atoms with Crippen molar-refractivity contribution >= 4 is 28.4 Å². The van der Waals surface area contributed by atoms with Crippen LogP contribution >= 0.6 is 0 Å². The third-order valence-electron chi connectivity index (χ3n) is 3.54. The summed E-state index contributed by atoms with van der Waals surface area (Å²) in [5.41, 5.74) is -0.281. The summed E-state index contributed by atoms with van der Waals surface area (Å²) in [6.45, 7) is 7.60. The second-order valence-electron chi connectivity index (χ2n) is 6.51. The Hall–Kier alpha value is -2.56. The van der Waals surface area contributed by atoms with Crippen LogP contribution in [0.2, 0.25) is 0 Å². The van der Waals surface area contributed by atoms with E-state index in [0.717, 1.165) is 10.8 Å². The zero-order valence-corrected chi connectivity index (χ0v) is 14.5. The largest absolute Gasteiger partial charge is 0.481 e. The van der Waals surface area contributed by atoms with Crippen LogP contribution in [0, 0.1) is 5.41 Å². The maximum absolute atomic E-state index is 12.4. The number of fused-ring (bicyclic) bond motifs is 1. The van der Waals surface area contributed by atoms with Gasteiger partial charge < -0.3 is 4.74 Å². The quantitative estimate of drug-likeness (QED) is 0.633. The van der Waals surface area contributed by atoms with Crippen LogP contribution < -0.4 is 0 Å². The zero-order chi connectivity index (χ0) is 17.7. The van der Waals surface area contributed by atoms with Crippen molar-refractivity contribution < 1.29 is 14.3 Å². The third-order valence-corrected chi connectivity index (χ3v) is 3.54. The van der Waals surface area contributed by atoms with E-state index in [1.165, 1.54) is 0 Å². The molecule has 1 heterocycles. The van der Waals surface area contributed by atoms with Crippen LogP contribution in [-0.4, -0.2) is 29.2 Å². The number of rotatable bonds is 4. The van der Waals surface area contributed by atoms with Gasteiger partial charge in [0.05, 0.1) is 13.0 Å². The molecule has 0 fully saturated rings. The number of nitrogens with zero attached hydrogens (tertiary/aromatic N) is 2. The summed E-state index contributed by atoms with van der Waals surface area (Å²) in [6.07, 6.45) is 1.63. The molecular formula is C19H22N2O3. The van der Waals surface area contributed by atoms with Crippen molar-refractivity contribution in [2.75, 3.05) is 6.61 Å². The fraction of sp³-hybridized carbons (Fsp3) is 0.368. The number of ketones is 1. The first-order valence-corrected chi connectivity index (χ1v) is 7.94. The van der Waals surface area contributed by atoms with E-state index in [1.807, 2.05) is 45.0 Å². The Bertz CT molecular complexity index is 789. The van der Waals surface area contributed by atoms with E-state index in [2.05, 4.69) is 9.98 Å². The average Bonchev–Trinajstić information content (AvgIpc) is 2.53. The van der Waals surface area contributed by atoms with Gasteiger partial charge in [0, 0.05) is 17.0 Å². The Kier molecular flexibility index (Phi) is 5.44. The highest BCUT2D eigenvalue weighted by Gasteiger charge is 2.24. The molecule has 0 aliphatic carbocycles. The Morgan fingerprint density at radius 1 is 1.17 bits per heavy atom. The van der Waals surface area contributed by atoms with Crippen LogP contribution in [0.4, 0.5) is 0 Å². The van der Waals surface area contributed by atoms with Gasteiger partial charge in [-0.05, 0) is 18.4 Å². The van der Waals surface area contributed by atoms with Crippen molar-refractivity contribution in [2.24, 2.45) is 10.4 Å². The molecule has 0 saturated heterocycles. The van der Waals surface area contributed by atoms with Crippen LogP contribution in [0.1, 0.15) is 44.6 Å². The van der Waals surface area contributed by atoms with E-state index in [-0.39, 0.29) is 23.8 Å². The number of aliphatic imine (C=N–C) groups is 1. The first-order chi connectivity index (χ1) is 11.3. The second-order valence-corrected chi connectivity index (χ2v) is 6.51. The van der Waals surface area contributed by atoms with E-state index < -0.39 is 11.3 Å². The molecule has 0 saturated carbocycles. The minimum Gasteiger partial charge on any atom is -0.481 e. The highest BCUT2D eigenvalue weighted by molar-refractivity contribution is 6.07. The zero-order valence-electron chi connectivity index (χ0n) is 14.5. The van der Waals surface area contributed by atoms with Gasteiger partial charge in [-0.3, -0.25) is 14.6 Å². The SMILES string of the molecule is CCO/C(CC(=O)C(C)(C)C)=N/C(=O)c1cc2ccccc2cn1. The van der Waals surface area contributed by atoms with Gasteiger partial charge >= 0.3 is 0 Å². The number of carbonyl (C=O) groups excluding carboxylic acids is 2. The minimum absolute atomic E-state index is 0.00331. The monoisotopic (exact) mass is 326 g/mol. The fourth-order valence-corrected chi connectivity index (χ4v) is 2.06. The van der Waals surface area contributed by atoms with E-state index in [0.29, 0.717) is 6.61 Å². The van der Waals surface area contributed by atoms with Crippen molar-refractivity contribution in [1.29, 1.82) is 0 Å². The maximum Gasteiger partial charge on any atom is 0.298 e. The van der Waals surface area contributed by atoms with E-state index in [1.54, 1.807) is 19.2 Å². The van der Waals surface area contributed by atoms with Crippen molar-refractivity contribution in [2.45, 2.75) is 34.1 Å².